The van der Waals surface area contributed by atoms with Crippen LogP contribution in [0.2, 0.25) is 0 Å². The van der Waals surface area contributed by atoms with Crippen molar-refractivity contribution in [1.82, 2.24) is 10.1 Å². The summed E-state index contributed by atoms with van der Waals surface area (Å²) >= 11 is 0. The van der Waals surface area contributed by atoms with Crippen LogP contribution in [0, 0.1) is 18.8 Å². The molecule has 4 aromatic rings. The number of carbonyl (C=O) groups is 1. The van der Waals surface area contributed by atoms with Gasteiger partial charge in [0.25, 0.3) is 11.8 Å². The maximum atomic E-state index is 13.0. The summed E-state index contributed by atoms with van der Waals surface area (Å²) in [5.41, 5.74) is 3.55. The van der Waals surface area contributed by atoms with E-state index in [4.69, 9.17) is 4.52 Å². The molecule has 1 amide bonds. The molecule has 4 rings (SSSR count). The number of hydrogen-bond acceptors (Lipinski definition) is 4. The Bertz CT molecular complexity index is 1210. The Kier molecular flexibility index (Phi) is 5.68. The van der Waals surface area contributed by atoms with Crippen molar-refractivity contribution in [3.05, 3.63) is 102 Å². The van der Waals surface area contributed by atoms with Crippen molar-refractivity contribution >= 4 is 11.9 Å². The van der Waals surface area contributed by atoms with Crippen LogP contribution in [0.25, 0.3) is 11.5 Å². The second kappa shape index (κ2) is 8.89. The molecule has 146 valence electrons. The van der Waals surface area contributed by atoms with Gasteiger partial charge >= 0.3 is 5.91 Å². The van der Waals surface area contributed by atoms with Crippen LogP contribution in [0.3, 0.4) is 0 Å². The minimum absolute atomic E-state index is 0.182. The smallest absolute Gasteiger partial charge is 0.306 e. The van der Waals surface area contributed by atoms with E-state index in [0.717, 1.165) is 22.3 Å². The Morgan fingerprint density at radius 3 is 2.33 bits per heavy atom. The number of aryl methyl sites for hydroxylation is 1. The van der Waals surface area contributed by atoms with E-state index in [1.807, 2.05) is 91.9 Å². The summed E-state index contributed by atoms with van der Waals surface area (Å²) in [4.78, 5) is 18.9. The van der Waals surface area contributed by atoms with Crippen LogP contribution < -0.4 is 4.90 Å². The lowest BCUT2D eigenvalue weighted by molar-refractivity contribution is -0.113. The molecule has 1 aromatic heterocycles. The van der Waals surface area contributed by atoms with Crippen LogP contribution in [0.4, 0.5) is 5.95 Å². The Morgan fingerprint density at radius 2 is 1.60 bits per heavy atom. The van der Waals surface area contributed by atoms with Crippen LogP contribution in [0.5, 0.6) is 0 Å². The normalized spacial score (nSPS) is 10.2. The van der Waals surface area contributed by atoms with Gasteiger partial charge in [-0.3, -0.25) is 9.69 Å². The molecule has 0 aliphatic carbocycles. The highest BCUT2D eigenvalue weighted by Crippen LogP contribution is 2.21. The van der Waals surface area contributed by atoms with E-state index in [-0.39, 0.29) is 12.5 Å². The number of hydrogen-bond donors (Lipinski definition) is 0. The average Bonchev–Trinajstić information content (AvgIpc) is 3.28. The molecular formula is C25H19N3O2. The number of benzene rings is 3. The minimum atomic E-state index is -0.400. The quantitative estimate of drug-likeness (QED) is 0.474. The third-order valence-electron chi connectivity index (χ3n) is 4.56. The van der Waals surface area contributed by atoms with E-state index in [1.54, 1.807) is 0 Å². The first-order valence-corrected chi connectivity index (χ1v) is 9.53. The molecule has 0 atom stereocenters. The van der Waals surface area contributed by atoms with Gasteiger partial charge in [0, 0.05) is 17.0 Å². The molecule has 30 heavy (non-hydrogen) atoms. The second-order valence-corrected chi connectivity index (χ2v) is 6.71. The van der Waals surface area contributed by atoms with Crippen molar-refractivity contribution in [2.45, 2.75) is 13.5 Å². The van der Waals surface area contributed by atoms with Crippen molar-refractivity contribution in [1.29, 1.82) is 0 Å². The summed E-state index contributed by atoms with van der Waals surface area (Å²) in [6, 6.07) is 26.8. The monoisotopic (exact) mass is 393 g/mol. The first kappa shape index (κ1) is 19.2. The van der Waals surface area contributed by atoms with Gasteiger partial charge in [-0.2, -0.15) is 4.98 Å². The molecule has 0 spiro atoms. The lowest BCUT2D eigenvalue weighted by Crippen LogP contribution is -2.30. The van der Waals surface area contributed by atoms with E-state index in [0.29, 0.717) is 5.89 Å². The number of aromatic nitrogens is 2. The highest BCUT2D eigenvalue weighted by atomic mass is 16.5. The predicted molar refractivity (Wildman–Crippen MR) is 115 cm³/mol. The molecule has 0 radical (unpaired) electrons. The summed E-state index contributed by atoms with van der Waals surface area (Å²) in [7, 11) is 0. The average molecular weight is 393 g/mol. The van der Waals surface area contributed by atoms with Crippen LogP contribution in [0.1, 0.15) is 16.7 Å². The van der Waals surface area contributed by atoms with Gasteiger partial charge in [0.05, 0.1) is 6.54 Å². The molecule has 0 aliphatic rings. The Balaban J connectivity index is 1.66. The lowest BCUT2D eigenvalue weighted by atomic mass is 10.1. The highest BCUT2D eigenvalue weighted by Gasteiger charge is 2.21. The standard InChI is InChI=1S/C25H19N3O2/c1-19-10-8-9-13-21(19)16-17-23(29)28(18-20-11-4-2-5-12-20)25-26-24(30-27-25)22-14-6-3-7-15-22/h2-15H,18H2,1H3. The van der Waals surface area contributed by atoms with Crippen molar-refractivity contribution in [2.75, 3.05) is 4.90 Å². The van der Waals surface area contributed by atoms with Gasteiger partial charge < -0.3 is 4.52 Å². The maximum absolute atomic E-state index is 13.0. The maximum Gasteiger partial charge on any atom is 0.306 e. The van der Waals surface area contributed by atoms with E-state index in [2.05, 4.69) is 22.0 Å². The zero-order valence-corrected chi connectivity index (χ0v) is 16.4. The van der Waals surface area contributed by atoms with Gasteiger partial charge in [-0.05, 0) is 41.4 Å². The molecule has 0 saturated heterocycles. The fraction of sp³-hybridized carbons (Fsp3) is 0.0800. The molecule has 0 N–H and O–H groups in total. The molecule has 3 aromatic carbocycles. The molecular weight excluding hydrogens is 374 g/mol. The van der Waals surface area contributed by atoms with Crippen LogP contribution in [0.15, 0.2) is 89.5 Å². The molecule has 0 fully saturated rings. The zero-order valence-electron chi connectivity index (χ0n) is 16.4. The number of anilines is 1. The third-order valence-corrected chi connectivity index (χ3v) is 4.56. The fourth-order valence-electron chi connectivity index (χ4n) is 2.92. The molecule has 5 heteroatoms. The van der Waals surface area contributed by atoms with Gasteiger partial charge in [0.15, 0.2) is 0 Å². The summed E-state index contributed by atoms with van der Waals surface area (Å²) in [6.07, 6.45) is 0. The highest BCUT2D eigenvalue weighted by molar-refractivity contribution is 6.05. The van der Waals surface area contributed by atoms with Gasteiger partial charge in [0.1, 0.15) is 0 Å². The first-order chi connectivity index (χ1) is 14.7. The van der Waals surface area contributed by atoms with E-state index in [9.17, 15) is 4.79 Å². The van der Waals surface area contributed by atoms with Crippen molar-refractivity contribution in [3.63, 3.8) is 0 Å². The Hall–Kier alpha value is -4.17. The second-order valence-electron chi connectivity index (χ2n) is 6.71. The number of rotatable bonds is 4. The molecule has 0 bridgehead atoms. The third kappa shape index (κ3) is 4.45. The Morgan fingerprint density at radius 1 is 0.933 bits per heavy atom. The van der Waals surface area contributed by atoms with Gasteiger partial charge in [-0.15, -0.1) is 0 Å². The first-order valence-electron chi connectivity index (χ1n) is 9.53. The number of carbonyl (C=O) groups excluding carboxylic acids is 1. The topological polar surface area (TPSA) is 59.2 Å². The largest absolute Gasteiger partial charge is 0.332 e. The predicted octanol–water partition coefficient (Wildman–Crippen LogP) is 4.63. The van der Waals surface area contributed by atoms with E-state index in [1.165, 1.54) is 4.90 Å². The molecule has 0 unspecified atom stereocenters. The minimum Gasteiger partial charge on any atom is -0.332 e. The summed E-state index contributed by atoms with van der Waals surface area (Å²) < 4.78 is 5.40. The Labute approximate surface area is 175 Å². The van der Waals surface area contributed by atoms with Crippen molar-refractivity contribution < 1.29 is 9.32 Å². The summed E-state index contributed by atoms with van der Waals surface area (Å²) in [5, 5.41) is 4.03. The molecule has 1 heterocycles. The van der Waals surface area contributed by atoms with Crippen molar-refractivity contribution in [3.8, 4) is 23.3 Å². The van der Waals surface area contributed by atoms with Crippen molar-refractivity contribution in [2.24, 2.45) is 0 Å². The van der Waals surface area contributed by atoms with Crippen LogP contribution in [-0.4, -0.2) is 16.0 Å². The molecule has 0 saturated carbocycles. The van der Waals surface area contributed by atoms with E-state index >= 15 is 0 Å². The van der Waals surface area contributed by atoms with Gasteiger partial charge in [-0.25, -0.2) is 0 Å². The number of nitrogens with zero attached hydrogens (tertiary/aromatic N) is 3. The SMILES string of the molecule is Cc1ccccc1C#CC(=O)N(Cc1ccccc1)c1noc(-c2ccccc2)n1. The summed E-state index contributed by atoms with van der Waals surface area (Å²) in [6.45, 7) is 2.25. The van der Waals surface area contributed by atoms with Crippen LogP contribution in [-0.2, 0) is 11.3 Å². The van der Waals surface area contributed by atoms with Gasteiger partial charge in [0.2, 0.25) is 0 Å². The molecule has 5 nitrogen and oxygen atoms in total. The molecule has 0 aliphatic heterocycles. The van der Waals surface area contributed by atoms with Gasteiger partial charge in [-0.1, -0.05) is 72.7 Å². The van der Waals surface area contributed by atoms with E-state index < -0.39 is 5.91 Å². The summed E-state index contributed by atoms with van der Waals surface area (Å²) in [5.74, 6) is 5.81. The zero-order chi connectivity index (χ0) is 20.8. The van der Waals surface area contributed by atoms with Crippen LogP contribution >= 0.6 is 0 Å². The fourth-order valence-corrected chi connectivity index (χ4v) is 2.92. The number of amides is 1. The lowest BCUT2D eigenvalue weighted by Gasteiger charge is -2.15.